The Morgan fingerprint density at radius 3 is 2.39 bits per heavy atom. The summed E-state index contributed by atoms with van der Waals surface area (Å²) >= 11 is 5.96. The molecule has 0 aromatic heterocycles. The molecule has 2 aromatic carbocycles. The van der Waals surface area contributed by atoms with Crippen LogP contribution in [0.5, 0.6) is 5.75 Å². The molecule has 1 aliphatic carbocycles. The average molecular weight is 331 g/mol. The lowest BCUT2D eigenvalue weighted by atomic mass is 9.90. The van der Waals surface area contributed by atoms with Gasteiger partial charge in [0.15, 0.2) is 0 Å². The highest BCUT2D eigenvalue weighted by molar-refractivity contribution is 6.30. The summed E-state index contributed by atoms with van der Waals surface area (Å²) in [6.07, 6.45) is 0.750. The van der Waals surface area contributed by atoms with E-state index in [9.17, 15) is 4.79 Å². The van der Waals surface area contributed by atoms with E-state index >= 15 is 0 Å². The van der Waals surface area contributed by atoms with Crippen molar-refractivity contribution in [1.82, 2.24) is 0 Å². The molecule has 23 heavy (non-hydrogen) atoms. The van der Waals surface area contributed by atoms with Crippen molar-refractivity contribution < 1.29 is 14.3 Å². The molecule has 1 aliphatic rings. The fourth-order valence-electron chi connectivity index (χ4n) is 3.17. The zero-order valence-electron chi connectivity index (χ0n) is 13.2. The molecule has 1 saturated carbocycles. The second-order valence-corrected chi connectivity index (χ2v) is 6.17. The maximum atomic E-state index is 12.7. The minimum absolute atomic E-state index is 0.118. The summed E-state index contributed by atoms with van der Waals surface area (Å²) in [4.78, 5) is 12.7. The highest BCUT2D eigenvalue weighted by atomic mass is 35.5. The SMILES string of the molecule is CCOC(=O)[C@@]1(c2ccc(OC)cc2)C[C@H]1c1ccc(Cl)cc1. The van der Waals surface area contributed by atoms with Gasteiger partial charge in [0.1, 0.15) is 11.2 Å². The van der Waals surface area contributed by atoms with Crippen LogP contribution in [0.2, 0.25) is 5.02 Å². The number of benzene rings is 2. The molecule has 120 valence electrons. The van der Waals surface area contributed by atoms with Crippen LogP contribution in [0.1, 0.15) is 30.4 Å². The van der Waals surface area contributed by atoms with Crippen LogP contribution in [0.3, 0.4) is 0 Å². The number of hydrogen-bond donors (Lipinski definition) is 0. The summed E-state index contributed by atoms with van der Waals surface area (Å²) in [6, 6.07) is 15.4. The summed E-state index contributed by atoms with van der Waals surface area (Å²) in [5, 5.41) is 0.695. The number of carbonyl (C=O) groups excluding carboxylic acids is 1. The van der Waals surface area contributed by atoms with Gasteiger partial charge in [-0.3, -0.25) is 4.79 Å². The molecule has 4 heteroatoms. The third-order valence-electron chi connectivity index (χ3n) is 4.48. The third-order valence-corrected chi connectivity index (χ3v) is 4.73. The van der Waals surface area contributed by atoms with E-state index in [1.807, 2.05) is 55.5 Å². The molecular weight excluding hydrogens is 312 g/mol. The van der Waals surface area contributed by atoms with Gasteiger partial charge in [-0.15, -0.1) is 0 Å². The average Bonchev–Trinajstić information content (AvgIpc) is 3.33. The van der Waals surface area contributed by atoms with Crippen molar-refractivity contribution in [3.63, 3.8) is 0 Å². The number of methoxy groups -OCH3 is 1. The Morgan fingerprint density at radius 2 is 1.83 bits per heavy atom. The minimum atomic E-state index is -0.601. The van der Waals surface area contributed by atoms with E-state index in [2.05, 4.69) is 0 Å². The fraction of sp³-hybridized carbons (Fsp3) is 0.316. The topological polar surface area (TPSA) is 35.5 Å². The molecule has 0 heterocycles. The number of ether oxygens (including phenoxy) is 2. The van der Waals surface area contributed by atoms with E-state index < -0.39 is 5.41 Å². The zero-order valence-corrected chi connectivity index (χ0v) is 14.0. The van der Waals surface area contributed by atoms with Gasteiger partial charge in [0, 0.05) is 10.9 Å². The zero-order chi connectivity index (χ0) is 16.4. The molecule has 3 nitrogen and oxygen atoms in total. The summed E-state index contributed by atoms with van der Waals surface area (Å²) in [7, 11) is 1.63. The lowest BCUT2D eigenvalue weighted by Gasteiger charge is -2.17. The third kappa shape index (κ3) is 2.81. The normalized spacial score (nSPS) is 22.5. The Morgan fingerprint density at radius 1 is 1.17 bits per heavy atom. The van der Waals surface area contributed by atoms with Crippen LogP contribution in [0.15, 0.2) is 48.5 Å². The van der Waals surface area contributed by atoms with Gasteiger partial charge in [-0.1, -0.05) is 35.9 Å². The Hall–Kier alpha value is -2.00. The lowest BCUT2D eigenvalue weighted by Crippen LogP contribution is -2.25. The maximum absolute atomic E-state index is 12.7. The van der Waals surface area contributed by atoms with E-state index in [1.54, 1.807) is 7.11 Å². The first kappa shape index (κ1) is 15.9. The molecule has 0 radical (unpaired) electrons. The summed E-state index contributed by atoms with van der Waals surface area (Å²) in [5.74, 6) is 0.730. The molecule has 0 spiro atoms. The van der Waals surface area contributed by atoms with Gasteiger partial charge in [-0.2, -0.15) is 0 Å². The predicted molar refractivity (Wildman–Crippen MR) is 90.1 cm³/mol. The van der Waals surface area contributed by atoms with Crippen molar-refractivity contribution >= 4 is 17.6 Å². The molecule has 1 fully saturated rings. The first-order valence-electron chi connectivity index (χ1n) is 7.69. The predicted octanol–water partition coefficient (Wildman–Crippen LogP) is 4.34. The van der Waals surface area contributed by atoms with Crippen LogP contribution in [0, 0.1) is 0 Å². The van der Waals surface area contributed by atoms with E-state index in [0.29, 0.717) is 11.6 Å². The van der Waals surface area contributed by atoms with Crippen LogP contribution < -0.4 is 4.74 Å². The largest absolute Gasteiger partial charge is 0.497 e. The van der Waals surface area contributed by atoms with Crippen LogP contribution in [-0.2, 0) is 14.9 Å². The van der Waals surface area contributed by atoms with E-state index in [4.69, 9.17) is 21.1 Å². The first-order chi connectivity index (χ1) is 11.1. The van der Waals surface area contributed by atoms with Crippen LogP contribution in [0.4, 0.5) is 0 Å². The number of rotatable bonds is 5. The summed E-state index contributed by atoms with van der Waals surface area (Å²) in [6.45, 7) is 2.21. The van der Waals surface area contributed by atoms with Crippen molar-refractivity contribution in [3.05, 3.63) is 64.7 Å². The molecule has 2 aromatic rings. The van der Waals surface area contributed by atoms with Crippen molar-refractivity contribution in [1.29, 1.82) is 0 Å². The molecule has 2 atom stereocenters. The Kier molecular flexibility index (Phi) is 4.31. The van der Waals surface area contributed by atoms with Crippen LogP contribution in [-0.4, -0.2) is 19.7 Å². The summed E-state index contributed by atoms with van der Waals surface area (Å²) < 4.78 is 10.6. The molecular formula is C19H19ClO3. The maximum Gasteiger partial charge on any atom is 0.317 e. The summed E-state index contributed by atoms with van der Waals surface area (Å²) in [5.41, 5.74) is 1.48. The molecule has 0 amide bonds. The van der Waals surface area contributed by atoms with Gasteiger partial charge in [0.2, 0.25) is 0 Å². The van der Waals surface area contributed by atoms with Gasteiger partial charge in [0.05, 0.1) is 13.7 Å². The van der Waals surface area contributed by atoms with Crippen LogP contribution in [0.25, 0.3) is 0 Å². The van der Waals surface area contributed by atoms with E-state index in [1.165, 1.54) is 0 Å². The molecule has 0 bridgehead atoms. The van der Waals surface area contributed by atoms with Crippen molar-refractivity contribution in [3.8, 4) is 5.75 Å². The van der Waals surface area contributed by atoms with Gasteiger partial charge >= 0.3 is 5.97 Å². The molecule has 0 N–H and O–H groups in total. The minimum Gasteiger partial charge on any atom is -0.497 e. The molecule has 0 unspecified atom stereocenters. The first-order valence-corrected chi connectivity index (χ1v) is 8.07. The quantitative estimate of drug-likeness (QED) is 0.765. The second-order valence-electron chi connectivity index (χ2n) is 5.73. The molecule has 0 saturated heterocycles. The van der Waals surface area contributed by atoms with Gasteiger partial charge in [-0.05, 0) is 48.7 Å². The molecule has 0 aliphatic heterocycles. The van der Waals surface area contributed by atoms with Crippen LogP contribution >= 0.6 is 11.6 Å². The smallest absolute Gasteiger partial charge is 0.317 e. The molecule has 3 rings (SSSR count). The fourth-order valence-corrected chi connectivity index (χ4v) is 3.30. The second kappa shape index (κ2) is 6.25. The van der Waals surface area contributed by atoms with Crippen molar-refractivity contribution in [2.45, 2.75) is 24.7 Å². The Labute approximate surface area is 141 Å². The van der Waals surface area contributed by atoms with Gasteiger partial charge < -0.3 is 9.47 Å². The Balaban J connectivity index is 1.96. The van der Waals surface area contributed by atoms with Crippen molar-refractivity contribution in [2.24, 2.45) is 0 Å². The number of hydrogen-bond acceptors (Lipinski definition) is 3. The van der Waals surface area contributed by atoms with E-state index in [-0.39, 0.29) is 11.9 Å². The number of esters is 1. The number of carbonyl (C=O) groups is 1. The van der Waals surface area contributed by atoms with Gasteiger partial charge in [0.25, 0.3) is 0 Å². The standard InChI is InChI=1S/C19H19ClO3/c1-3-23-18(21)19(14-6-10-16(22-2)11-7-14)12-17(19)13-4-8-15(20)9-5-13/h4-11,17H,3,12H2,1-2H3/t17-,19+/m0/s1. The van der Waals surface area contributed by atoms with Gasteiger partial charge in [-0.25, -0.2) is 0 Å². The highest BCUT2D eigenvalue weighted by Crippen LogP contribution is 2.61. The van der Waals surface area contributed by atoms with E-state index in [0.717, 1.165) is 23.3 Å². The monoisotopic (exact) mass is 330 g/mol. The Bertz CT molecular complexity index is 694. The van der Waals surface area contributed by atoms with Crippen molar-refractivity contribution in [2.75, 3.05) is 13.7 Å². The number of halogens is 1. The lowest BCUT2D eigenvalue weighted by molar-refractivity contribution is -0.146. The highest BCUT2D eigenvalue weighted by Gasteiger charge is 2.62.